The third-order valence-electron chi connectivity index (χ3n) is 6.79. The number of halogens is 4. The predicted octanol–water partition coefficient (Wildman–Crippen LogP) is 9.49. The number of rotatable bonds is 11. The lowest BCUT2D eigenvalue weighted by molar-refractivity contribution is 0.313. The van der Waals surface area contributed by atoms with Crippen LogP contribution in [0, 0.1) is 23.3 Å². The van der Waals surface area contributed by atoms with E-state index < -0.39 is 23.3 Å². The van der Waals surface area contributed by atoms with E-state index in [1.54, 1.807) is 43.3 Å². The van der Waals surface area contributed by atoms with E-state index in [1.165, 1.54) is 24.1 Å². The molecular weight excluding hydrogens is 488 g/mol. The van der Waals surface area contributed by atoms with Crippen molar-refractivity contribution in [2.75, 3.05) is 6.61 Å². The fourth-order valence-corrected chi connectivity index (χ4v) is 4.59. The minimum Gasteiger partial charge on any atom is -0.491 e. The van der Waals surface area contributed by atoms with Gasteiger partial charge in [-0.05, 0) is 66.5 Å². The van der Waals surface area contributed by atoms with Crippen LogP contribution in [-0.2, 0) is 19.3 Å². The molecule has 0 saturated carbocycles. The number of hydrogen-bond donors (Lipinski definition) is 0. The fraction of sp³-hybridized carbons (Fsp3) is 0.273. The monoisotopic (exact) mass is 520 g/mol. The standard InChI is InChI=1S/C33H32F4O/c1-3-5-6-7-22-8-13-24(14-9-22)27-19-20-28(32(36)31(27)35)25-15-10-23(11-16-25)12-17-26-18-21-29(38-4-2)33(37)30(26)34/h8-11,13-16,18-21H,3-7,12,17H2,1-2H3. The van der Waals surface area contributed by atoms with Crippen molar-refractivity contribution in [3.63, 3.8) is 0 Å². The Kier molecular flexibility index (Phi) is 9.22. The zero-order valence-corrected chi connectivity index (χ0v) is 21.8. The molecule has 5 heteroatoms. The van der Waals surface area contributed by atoms with Gasteiger partial charge in [0.1, 0.15) is 0 Å². The minimum atomic E-state index is -0.983. The molecule has 0 bridgehead atoms. The summed E-state index contributed by atoms with van der Waals surface area (Å²) in [5.41, 5.74) is 3.91. The predicted molar refractivity (Wildman–Crippen MR) is 145 cm³/mol. The maximum atomic E-state index is 15.1. The van der Waals surface area contributed by atoms with Gasteiger partial charge in [-0.2, -0.15) is 4.39 Å². The molecule has 0 radical (unpaired) electrons. The summed E-state index contributed by atoms with van der Waals surface area (Å²) < 4.78 is 63.7. The Morgan fingerprint density at radius 3 is 1.61 bits per heavy atom. The molecule has 0 aromatic heterocycles. The molecule has 0 fully saturated rings. The maximum Gasteiger partial charge on any atom is 0.200 e. The Morgan fingerprint density at radius 2 is 1.08 bits per heavy atom. The van der Waals surface area contributed by atoms with Crippen molar-refractivity contribution in [3.05, 3.63) is 113 Å². The molecule has 0 atom stereocenters. The van der Waals surface area contributed by atoms with Crippen LogP contribution in [0.5, 0.6) is 5.75 Å². The van der Waals surface area contributed by atoms with E-state index >= 15 is 8.78 Å². The van der Waals surface area contributed by atoms with Crippen LogP contribution in [0.15, 0.2) is 72.8 Å². The Labute approximate surface area is 222 Å². The van der Waals surface area contributed by atoms with Crippen LogP contribution in [0.3, 0.4) is 0 Å². The third-order valence-corrected chi connectivity index (χ3v) is 6.79. The molecule has 4 aromatic rings. The van der Waals surface area contributed by atoms with Gasteiger partial charge in [-0.15, -0.1) is 0 Å². The molecule has 4 aromatic carbocycles. The van der Waals surface area contributed by atoms with Gasteiger partial charge >= 0.3 is 0 Å². The molecule has 1 nitrogen and oxygen atoms in total. The van der Waals surface area contributed by atoms with Crippen molar-refractivity contribution >= 4 is 0 Å². The van der Waals surface area contributed by atoms with Gasteiger partial charge in [-0.25, -0.2) is 13.2 Å². The van der Waals surface area contributed by atoms with Crippen molar-refractivity contribution in [2.24, 2.45) is 0 Å². The highest BCUT2D eigenvalue weighted by Crippen LogP contribution is 2.32. The Morgan fingerprint density at radius 1 is 0.526 bits per heavy atom. The maximum absolute atomic E-state index is 15.1. The van der Waals surface area contributed by atoms with Crippen LogP contribution in [0.25, 0.3) is 22.3 Å². The minimum absolute atomic E-state index is 0.0993. The van der Waals surface area contributed by atoms with E-state index in [0.717, 1.165) is 24.8 Å². The Bertz CT molecular complexity index is 1360. The largest absolute Gasteiger partial charge is 0.491 e. The molecule has 0 aliphatic heterocycles. The van der Waals surface area contributed by atoms with E-state index in [2.05, 4.69) is 6.92 Å². The molecule has 4 rings (SSSR count). The summed E-state index contributed by atoms with van der Waals surface area (Å²) in [6.07, 6.45) is 5.18. The molecule has 0 N–H and O–H groups in total. The molecule has 0 spiro atoms. The van der Waals surface area contributed by atoms with Crippen LogP contribution in [0.1, 0.15) is 49.8 Å². The third kappa shape index (κ3) is 6.27. The van der Waals surface area contributed by atoms with Gasteiger partial charge in [-0.1, -0.05) is 86.5 Å². The van der Waals surface area contributed by atoms with Crippen molar-refractivity contribution in [1.29, 1.82) is 0 Å². The fourth-order valence-electron chi connectivity index (χ4n) is 4.59. The lowest BCUT2D eigenvalue weighted by Crippen LogP contribution is -2.02. The molecule has 0 aliphatic carbocycles. The van der Waals surface area contributed by atoms with Gasteiger partial charge in [0, 0.05) is 11.1 Å². The summed E-state index contributed by atoms with van der Waals surface area (Å²) in [5, 5.41) is 0. The second-order valence-corrected chi connectivity index (χ2v) is 9.42. The lowest BCUT2D eigenvalue weighted by Gasteiger charge is -2.11. The second kappa shape index (κ2) is 12.8. The van der Waals surface area contributed by atoms with Crippen LogP contribution >= 0.6 is 0 Å². The Balaban J connectivity index is 1.45. The van der Waals surface area contributed by atoms with Gasteiger partial charge in [0.25, 0.3) is 0 Å². The highest BCUT2D eigenvalue weighted by atomic mass is 19.2. The molecule has 0 heterocycles. The van der Waals surface area contributed by atoms with Crippen LogP contribution in [-0.4, -0.2) is 6.61 Å². The zero-order chi connectivity index (χ0) is 27.1. The first kappa shape index (κ1) is 27.4. The van der Waals surface area contributed by atoms with Crippen molar-refractivity contribution in [1.82, 2.24) is 0 Å². The quantitative estimate of drug-likeness (QED) is 0.141. The van der Waals surface area contributed by atoms with E-state index in [1.807, 2.05) is 24.3 Å². The van der Waals surface area contributed by atoms with Crippen molar-refractivity contribution in [3.8, 4) is 28.0 Å². The summed E-state index contributed by atoms with van der Waals surface area (Å²) in [6.45, 7) is 4.12. The molecule has 198 valence electrons. The Hall–Kier alpha value is -3.60. The molecular formula is C33H32F4O. The van der Waals surface area contributed by atoms with Crippen molar-refractivity contribution < 1.29 is 22.3 Å². The van der Waals surface area contributed by atoms with Gasteiger partial charge in [-0.3, -0.25) is 0 Å². The normalized spacial score (nSPS) is 11.1. The number of hydrogen-bond acceptors (Lipinski definition) is 1. The van der Waals surface area contributed by atoms with Gasteiger partial charge in [0.15, 0.2) is 23.2 Å². The smallest absolute Gasteiger partial charge is 0.200 e. The number of aryl methyl sites for hydroxylation is 3. The van der Waals surface area contributed by atoms with E-state index in [9.17, 15) is 8.78 Å². The molecule has 38 heavy (non-hydrogen) atoms. The number of unbranched alkanes of at least 4 members (excludes halogenated alkanes) is 2. The van der Waals surface area contributed by atoms with Crippen molar-refractivity contribution in [2.45, 2.75) is 52.4 Å². The first-order valence-corrected chi connectivity index (χ1v) is 13.2. The highest BCUT2D eigenvalue weighted by molar-refractivity contribution is 5.72. The van der Waals surface area contributed by atoms with Gasteiger partial charge in [0.05, 0.1) is 6.61 Å². The van der Waals surface area contributed by atoms with E-state index in [4.69, 9.17) is 4.74 Å². The SMILES string of the molecule is CCCCCc1ccc(-c2ccc(-c3ccc(CCc4ccc(OCC)c(F)c4F)cc3)c(F)c2F)cc1. The molecule has 0 amide bonds. The topological polar surface area (TPSA) is 9.23 Å². The molecule has 0 unspecified atom stereocenters. The number of benzene rings is 4. The average molecular weight is 521 g/mol. The first-order chi connectivity index (χ1) is 18.4. The summed E-state index contributed by atoms with van der Waals surface area (Å²) in [5.74, 6) is -3.76. The molecule has 0 saturated heterocycles. The molecule has 0 aliphatic rings. The summed E-state index contributed by atoms with van der Waals surface area (Å²) >= 11 is 0. The lowest BCUT2D eigenvalue weighted by atomic mass is 9.96. The van der Waals surface area contributed by atoms with E-state index in [0.29, 0.717) is 24.0 Å². The average Bonchev–Trinajstić information content (AvgIpc) is 2.93. The van der Waals surface area contributed by atoms with Crippen LogP contribution in [0.2, 0.25) is 0 Å². The number of ether oxygens (including phenoxy) is 1. The van der Waals surface area contributed by atoms with E-state index in [-0.39, 0.29) is 29.0 Å². The summed E-state index contributed by atoms with van der Waals surface area (Å²) in [7, 11) is 0. The van der Waals surface area contributed by atoms with Gasteiger partial charge < -0.3 is 4.74 Å². The van der Waals surface area contributed by atoms with Gasteiger partial charge in [0.2, 0.25) is 5.82 Å². The first-order valence-electron chi connectivity index (χ1n) is 13.2. The summed E-state index contributed by atoms with van der Waals surface area (Å²) in [4.78, 5) is 0. The highest BCUT2D eigenvalue weighted by Gasteiger charge is 2.17. The van der Waals surface area contributed by atoms with Crippen LogP contribution < -0.4 is 4.74 Å². The zero-order valence-electron chi connectivity index (χ0n) is 21.8. The second-order valence-electron chi connectivity index (χ2n) is 9.42. The van der Waals surface area contributed by atoms with Crippen LogP contribution in [0.4, 0.5) is 17.6 Å². The summed E-state index contributed by atoms with van der Waals surface area (Å²) in [6, 6.07) is 20.8.